The Kier molecular flexibility index (Phi) is 4.35. The second-order valence-corrected chi connectivity index (χ2v) is 5.21. The zero-order chi connectivity index (χ0) is 12.1. The normalized spacial score (nSPS) is 12.6. The zero-order valence-electron chi connectivity index (χ0n) is 10.4. The lowest BCUT2D eigenvalue weighted by atomic mass is 9.96. The van der Waals surface area contributed by atoms with Crippen LogP contribution in [0, 0.1) is 0 Å². The van der Waals surface area contributed by atoms with Gasteiger partial charge < -0.3 is 5.32 Å². The summed E-state index contributed by atoms with van der Waals surface area (Å²) in [5.74, 6) is 0. The monoisotopic (exact) mass is 245 g/mol. The first-order valence-electron chi connectivity index (χ1n) is 6.12. The summed E-state index contributed by atoms with van der Waals surface area (Å²) in [5, 5.41) is 5.58. The van der Waals surface area contributed by atoms with E-state index in [-0.39, 0.29) is 0 Å². The van der Waals surface area contributed by atoms with E-state index in [1.807, 2.05) is 18.4 Å². The first-order valence-corrected chi connectivity index (χ1v) is 7.00. The van der Waals surface area contributed by atoms with Crippen molar-refractivity contribution < 1.29 is 0 Å². The Morgan fingerprint density at radius 2 is 2.00 bits per heavy atom. The number of thiophene rings is 1. The largest absolute Gasteiger partial charge is 0.313 e. The fraction of sp³-hybridized carbons (Fsp3) is 0.333. The lowest BCUT2D eigenvalue weighted by molar-refractivity contribution is 0.591. The van der Waals surface area contributed by atoms with Gasteiger partial charge in [-0.25, -0.2) is 0 Å². The van der Waals surface area contributed by atoms with Crippen LogP contribution in [-0.2, 0) is 12.8 Å². The van der Waals surface area contributed by atoms with E-state index in [4.69, 9.17) is 0 Å². The molecule has 0 bridgehead atoms. The van der Waals surface area contributed by atoms with E-state index < -0.39 is 0 Å². The molecule has 17 heavy (non-hydrogen) atoms. The van der Waals surface area contributed by atoms with Crippen molar-refractivity contribution in [3.63, 3.8) is 0 Å². The molecular weight excluding hydrogens is 226 g/mol. The van der Waals surface area contributed by atoms with Gasteiger partial charge in [-0.1, -0.05) is 37.3 Å². The van der Waals surface area contributed by atoms with Crippen molar-refractivity contribution in [2.75, 3.05) is 7.05 Å². The maximum absolute atomic E-state index is 3.44. The molecule has 0 saturated heterocycles. The molecule has 2 rings (SSSR count). The van der Waals surface area contributed by atoms with Crippen LogP contribution in [0.1, 0.15) is 29.0 Å². The van der Waals surface area contributed by atoms with Crippen molar-refractivity contribution in [1.29, 1.82) is 0 Å². The van der Waals surface area contributed by atoms with Crippen molar-refractivity contribution in [2.24, 2.45) is 0 Å². The molecule has 1 heterocycles. The van der Waals surface area contributed by atoms with E-state index in [2.05, 4.69) is 54.0 Å². The predicted octanol–water partition coefficient (Wildman–Crippen LogP) is 3.81. The number of nitrogens with one attached hydrogen (secondary N) is 1. The third-order valence-electron chi connectivity index (χ3n) is 3.15. The van der Waals surface area contributed by atoms with Crippen molar-refractivity contribution in [1.82, 2.24) is 5.32 Å². The van der Waals surface area contributed by atoms with Crippen LogP contribution in [0.25, 0.3) is 0 Å². The lowest BCUT2D eigenvalue weighted by Gasteiger charge is -2.19. The Morgan fingerprint density at radius 1 is 1.18 bits per heavy atom. The summed E-state index contributed by atoms with van der Waals surface area (Å²) in [6.07, 6.45) is 2.17. The fourth-order valence-electron chi connectivity index (χ4n) is 2.19. The Labute approximate surface area is 108 Å². The number of benzene rings is 1. The lowest BCUT2D eigenvalue weighted by Crippen LogP contribution is -2.19. The molecule has 0 spiro atoms. The van der Waals surface area contributed by atoms with Crippen LogP contribution in [0.5, 0.6) is 0 Å². The summed E-state index contributed by atoms with van der Waals surface area (Å²) in [5.41, 5.74) is 2.88. The maximum atomic E-state index is 3.44. The fourth-order valence-corrected chi connectivity index (χ4v) is 2.95. The average Bonchev–Trinajstić information content (AvgIpc) is 2.89. The molecule has 1 N–H and O–H groups in total. The second kappa shape index (κ2) is 5.99. The molecule has 0 aliphatic carbocycles. The predicted molar refractivity (Wildman–Crippen MR) is 75.6 cm³/mol. The molecule has 2 aromatic rings. The van der Waals surface area contributed by atoms with Crippen LogP contribution < -0.4 is 5.32 Å². The average molecular weight is 245 g/mol. The molecule has 2 heteroatoms. The molecule has 0 radical (unpaired) electrons. The van der Waals surface area contributed by atoms with Gasteiger partial charge in [0.25, 0.3) is 0 Å². The molecule has 0 saturated carbocycles. The highest BCUT2D eigenvalue weighted by Gasteiger charge is 2.13. The third kappa shape index (κ3) is 2.96. The van der Waals surface area contributed by atoms with Gasteiger partial charge in [-0.05, 0) is 36.0 Å². The second-order valence-electron chi connectivity index (χ2n) is 4.18. The van der Waals surface area contributed by atoms with Crippen molar-refractivity contribution in [3.8, 4) is 0 Å². The molecule has 1 aromatic carbocycles. The van der Waals surface area contributed by atoms with E-state index in [1.54, 1.807) is 0 Å². The third-order valence-corrected chi connectivity index (χ3v) is 4.04. The quantitative estimate of drug-likeness (QED) is 0.844. The van der Waals surface area contributed by atoms with Crippen LogP contribution >= 0.6 is 11.3 Å². The van der Waals surface area contributed by atoms with E-state index in [0.29, 0.717) is 6.04 Å². The van der Waals surface area contributed by atoms with Crippen LogP contribution in [-0.4, -0.2) is 7.05 Å². The minimum Gasteiger partial charge on any atom is -0.313 e. The number of hydrogen-bond donors (Lipinski definition) is 1. The van der Waals surface area contributed by atoms with E-state index in [9.17, 15) is 0 Å². The van der Waals surface area contributed by atoms with Crippen molar-refractivity contribution in [2.45, 2.75) is 25.8 Å². The Morgan fingerprint density at radius 3 is 2.65 bits per heavy atom. The van der Waals surface area contributed by atoms with E-state index >= 15 is 0 Å². The smallest absolute Gasteiger partial charge is 0.0369 e. The number of likely N-dealkylation sites (N-methyl/N-ethyl adjacent to an activating group) is 1. The molecule has 0 amide bonds. The summed E-state index contributed by atoms with van der Waals surface area (Å²) in [6.45, 7) is 2.22. The van der Waals surface area contributed by atoms with Gasteiger partial charge in [0.2, 0.25) is 0 Å². The molecule has 0 aliphatic rings. The first kappa shape index (κ1) is 12.3. The Bertz CT molecular complexity index is 448. The summed E-state index contributed by atoms with van der Waals surface area (Å²) in [6, 6.07) is 13.5. The summed E-state index contributed by atoms with van der Waals surface area (Å²) in [7, 11) is 2.05. The maximum Gasteiger partial charge on any atom is 0.0369 e. The summed E-state index contributed by atoms with van der Waals surface area (Å²) >= 11 is 1.83. The van der Waals surface area contributed by atoms with Gasteiger partial charge in [-0.15, -0.1) is 11.3 Å². The Balaban J connectivity index is 2.22. The van der Waals surface area contributed by atoms with Crippen LogP contribution in [0.4, 0.5) is 0 Å². The Hall–Kier alpha value is -1.12. The molecular formula is C15H19NS. The minimum atomic E-state index is 0.421. The topological polar surface area (TPSA) is 12.0 Å². The molecule has 1 aromatic heterocycles. The number of hydrogen-bond acceptors (Lipinski definition) is 2. The minimum absolute atomic E-state index is 0.421. The first-order chi connectivity index (χ1) is 8.35. The van der Waals surface area contributed by atoms with Gasteiger partial charge in [-0.3, -0.25) is 0 Å². The molecule has 1 nitrogen and oxygen atoms in total. The molecule has 1 unspecified atom stereocenters. The highest BCUT2D eigenvalue weighted by atomic mass is 32.1. The van der Waals surface area contributed by atoms with Gasteiger partial charge in [0.05, 0.1) is 0 Å². The standard InChI is InChI=1S/C15H19NS/c1-3-12-7-4-5-9-14(12)15(16-2)11-13-8-6-10-17-13/h4-10,15-16H,3,11H2,1-2H3. The van der Waals surface area contributed by atoms with Crippen LogP contribution in [0.15, 0.2) is 41.8 Å². The van der Waals surface area contributed by atoms with Crippen LogP contribution in [0.3, 0.4) is 0 Å². The molecule has 0 aliphatic heterocycles. The molecule has 0 fully saturated rings. The summed E-state index contributed by atoms with van der Waals surface area (Å²) in [4.78, 5) is 1.44. The molecule has 90 valence electrons. The van der Waals surface area contributed by atoms with E-state index in [0.717, 1.165) is 12.8 Å². The van der Waals surface area contributed by atoms with Crippen molar-refractivity contribution >= 4 is 11.3 Å². The number of rotatable bonds is 5. The van der Waals surface area contributed by atoms with Gasteiger partial charge in [-0.2, -0.15) is 0 Å². The van der Waals surface area contributed by atoms with Crippen molar-refractivity contribution in [3.05, 3.63) is 57.8 Å². The van der Waals surface area contributed by atoms with Gasteiger partial charge in [0.15, 0.2) is 0 Å². The number of aryl methyl sites for hydroxylation is 1. The zero-order valence-corrected chi connectivity index (χ0v) is 11.3. The highest BCUT2D eigenvalue weighted by molar-refractivity contribution is 7.09. The summed E-state index contributed by atoms with van der Waals surface area (Å²) < 4.78 is 0. The van der Waals surface area contributed by atoms with Crippen LogP contribution in [0.2, 0.25) is 0 Å². The van der Waals surface area contributed by atoms with E-state index in [1.165, 1.54) is 16.0 Å². The van der Waals surface area contributed by atoms with Gasteiger partial charge in [0, 0.05) is 17.3 Å². The van der Waals surface area contributed by atoms with Gasteiger partial charge in [0.1, 0.15) is 0 Å². The SMILES string of the molecule is CCc1ccccc1C(Cc1cccs1)NC. The highest BCUT2D eigenvalue weighted by Crippen LogP contribution is 2.24. The molecule has 1 atom stereocenters. The van der Waals surface area contributed by atoms with Gasteiger partial charge >= 0.3 is 0 Å².